The Kier molecular flexibility index (Phi) is 6.43. The molecule has 0 heterocycles. The standard InChI is InChI=1S/C22H34N4O2/c27-21(25-23-13-19-11-15-5-7-17(19)9-15)3-1-2-4-22(28)26-24-14-20-12-16-6-8-18(20)10-16/h13-20H,1-12H2,(H,25,27)(H,26,28)/b23-13+,24-14+/t15-,16-,17-,18-,19+,20+/m0/s1. The largest absolute Gasteiger partial charge is 0.273 e. The van der Waals surface area contributed by atoms with E-state index < -0.39 is 0 Å². The van der Waals surface area contributed by atoms with Crippen molar-refractivity contribution in [2.45, 2.75) is 77.0 Å². The molecule has 4 aliphatic rings. The molecule has 2 amide bonds. The summed E-state index contributed by atoms with van der Waals surface area (Å²) in [6.45, 7) is 0. The quantitative estimate of drug-likeness (QED) is 0.360. The Balaban J connectivity index is 1.03. The molecule has 0 aromatic heterocycles. The van der Waals surface area contributed by atoms with Gasteiger partial charge in [0.15, 0.2) is 0 Å². The van der Waals surface area contributed by atoms with Crippen LogP contribution in [0.1, 0.15) is 77.0 Å². The zero-order valence-corrected chi connectivity index (χ0v) is 16.8. The van der Waals surface area contributed by atoms with E-state index in [4.69, 9.17) is 0 Å². The molecule has 6 heteroatoms. The highest BCUT2D eigenvalue weighted by Gasteiger charge is 2.39. The molecule has 0 radical (unpaired) electrons. The predicted octanol–water partition coefficient (Wildman–Crippen LogP) is 3.62. The summed E-state index contributed by atoms with van der Waals surface area (Å²) >= 11 is 0. The van der Waals surface area contributed by atoms with Crippen molar-refractivity contribution in [1.82, 2.24) is 10.9 Å². The van der Waals surface area contributed by atoms with E-state index in [-0.39, 0.29) is 11.8 Å². The van der Waals surface area contributed by atoms with Crippen LogP contribution in [-0.4, -0.2) is 24.2 Å². The Morgan fingerprint density at radius 1 is 0.714 bits per heavy atom. The Bertz CT molecular complexity index is 578. The maximum absolute atomic E-state index is 11.9. The normalized spacial score (nSPS) is 36.0. The van der Waals surface area contributed by atoms with Crippen molar-refractivity contribution in [3.8, 4) is 0 Å². The molecule has 6 atom stereocenters. The van der Waals surface area contributed by atoms with Crippen LogP contribution in [-0.2, 0) is 9.59 Å². The molecule has 0 saturated heterocycles. The lowest BCUT2D eigenvalue weighted by Crippen LogP contribution is -2.21. The van der Waals surface area contributed by atoms with E-state index >= 15 is 0 Å². The monoisotopic (exact) mass is 386 g/mol. The number of amides is 2. The highest BCUT2D eigenvalue weighted by atomic mass is 16.2. The van der Waals surface area contributed by atoms with E-state index in [0.29, 0.717) is 37.5 Å². The van der Waals surface area contributed by atoms with Gasteiger partial charge in [-0.05, 0) is 86.9 Å². The summed E-state index contributed by atoms with van der Waals surface area (Å²) in [6.07, 6.45) is 16.7. The minimum absolute atomic E-state index is 0.0610. The van der Waals surface area contributed by atoms with Gasteiger partial charge in [-0.1, -0.05) is 12.8 Å². The lowest BCUT2D eigenvalue weighted by Gasteiger charge is -2.16. The average Bonchev–Trinajstić information content (AvgIpc) is 3.46. The molecule has 2 N–H and O–H groups in total. The molecule has 4 aliphatic carbocycles. The molecular weight excluding hydrogens is 352 g/mol. The maximum atomic E-state index is 11.9. The van der Waals surface area contributed by atoms with Gasteiger partial charge in [0.1, 0.15) is 0 Å². The van der Waals surface area contributed by atoms with Crippen LogP contribution in [0, 0.1) is 35.5 Å². The van der Waals surface area contributed by atoms with Crippen molar-refractivity contribution in [2.24, 2.45) is 45.7 Å². The molecule has 154 valence electrons. The third-order valence-electron chi connectivity index (χ3n) is 7.55. The maximum Gasteiger partial charge on any atom is 0.240 e. The second-order valence-corrected chi connectivity index (χ2v) is 9.51. The highest BCUT2D eigenvalue weighted by molar-refractivity contribution is 5.78. The smallest absolute Gasteiger partial charge is 0.240 e. The van der Waals surface area contributed by atoms with Gasteiger partial charge in [0.2, 0.25) is 11.8 Å². The molecular formula is C22H34N4O2. The SMILES string of the molecule is O=C(CCCCC(=O)N/N=C/[C@H]1C[C@H]2CC[C@H]1C2)N/N=C/[C@H]1C[C@H]2CC[C@H]1C2. The number of nitrogens with zero attached hydrogens (tertiary/aromatic N) is 2. The van der Waals surface area contributed by atoms with Gasteiger partial charge in [0, 0.05) is 25.3 Å². The van der Waals surface area contributed by atoms with Crippen LogP contribution in [0.3, 0.4) is 0 Å². The van der Waals surface area contributed by atoms with Crippen molar-refractivity contribution in [2.75, 3.05) is 0 Å². The topological polar surface area (TPSA) is 82.9 Å². The second-order valence-electron chi connectivity index (χ2n) is 9.51. The van der Waals surface area contributed by atoms with Gasteiger partial charge in [-0.2, -0.15) is 10.2 Å². The molecule has 4 rings (SSSR count). The fourth-order valence-electron chi connectivity index (χ4n) is 6.05. The van der Waals surface area contributed by atoms with Crippen LogP contribution >= 0.6 is 0 Å². The van der Waals surface area contributed by atoms with Gasteiger partial charge < -0.3 is 0 Å². The summed E-state index contributed by atoms with van der Waals surface area (Å²) in [5.41, 5.74) is 5.28. The van der Waals surface area contributed by atoms with Gasteiger partial charge in [0.05, 0.1) is 0 Å². The summed E-state index contributed by atoms with van der Waals surface area (Å²) in [7, 11) is 0. The zero-order valence-electron chi connectivity index (χ0n) is 16.8. The van der Waals surface area contributed by atoms with E-state index in [9.17, 15) is 9.59 Å². The van der Waals surface area contributed by atoms with E-state index in [1.165, 1.54) is 51.4 Å². The van der Waals surface area contributed by atoms with Crippen molar-refractivity contribution >= 4 is 24.2 Å². The highest BCUT2D eigenvalue weighted by Crippen LogP contribution is 2.48. The second kappa shape index (κ2) is 9.19. The van der Waals surface area contributed by atoms with Gasteiger partial charge in [0.25, 0.3) is 0 Å². The summed E-state index contributed by atoms with van der Waals surface area (Å²) < 4.78 is 0. The number of unbranched alkanes of at least 4 members (excludes halogenated alkanes) is 1. The number of carbonyl (C=O) groups excluding carboxylic acids is 2. The van der Waals surface area contributed by atoms with Crippen LogP contribution < -0.4 is 10.9 Å². The van der Waals surface area contributed by atoms with Gasteiger partial charge in [-0.15, -0.1) is 0 Å². The first kappa shape index (κ1) is 19.6. The van der Waals surface area contributed by atoms with Gasteiger partial charge in [-0.3, -0.25) is 9.59 Å². The molecule has 0 aromatic carbocycles. The fraction of sp³-hybridized carbons (Fsp3) is 0.818. The Labute approximate surface area is 168 Å². The number of nitrogens with one attached hydrogen (secondary N) is 2. The summed E-state index contributed by atoms with van der Waals surface area (Å²) in [4.78, 5) is 23.7. The number of hydrogen-bond acceptors (Lipinski definition) is 4. The number of hydrazone groups is 2. The Hall–Kier alpha value is -1.72. The van der Waals surface area contributed by atoms with Crippen molar-refractivity contribution in [3.63, 3.8) is 0 Å². The first-order chi connectivity index (χ1) is 13.7. The third-order valence-corrected chi connectivity index (χ3v) is 7.55. The van der Waals surface area contributed by atoms with Crippen LogP contribution in [0.15, 0.2) is 10.2 Å². The summed E-state index contributed by atoms with van der Waals surface area (Å²) in [5, 5.41) is 8.31. The molecule has 4 saturated carbocycles. The summed E-state index contributed by atoms with van der Waals surface area (Å²) in [6, 6.07) is 0. The predicted molar refractivity (Wildman–Crippen MR) is 110 cm³/mol. The van der Waals surface area contributed by atoms with E-state index in [1.54, 1.807) is 0 Å². The fourth-order valence-corrected chi connectivity index (χ4v) is 6.05. The van der Waals surface area contributed by atoms with E-state index in [1.807, 2.05) is 12.4 Å². The van der Waals surface area contributed by atoms with Crippen molar-refractivity contribution < 1.29 is 9.59 Å². The molecule has 4 fully saturated rings. The number of fused-ring (bicyclic) bond motifs is 4. The Morgan fingerprint density at radius 3 is 1.54 bits per heavy atom. The molecule has 6 nitrogen and oxygen atoms in total. The molecule has 0 aromatic rings. The average molecular weight is 387 g/mol. The molecule has 0 spiro atoms. The number of carbonyl (C=O) groups is 2. The first-order valence-corrected chi connectivity index (χ1v) is 11.3. The minimum atomic E-state index is -0.0610. The van der Waals surface area contributed by atoms with Crippen LogP contribution in [0.4, 0.5) is 0 Å². The van der Waals surface area contributed by atoms with E-state index in [2.05, 4.69) is 21.1 Å². The first-order valence-electron chi connectivity index (χ1n) is 11.3. The number of hydrogen-bond donors (Lipinski definition) is 2. The summed E-state index contributed by atoms with van der Waals surface area (Å²) in [5.74, 6) is 4.35. The molecule has 0 unspecified atom stereocenters. The van der Waals surface area contributed by atoms with Crippen LogP contribution in [0.2, 0.25) is 0 Å². The van der Waals surface area contributed by atoms with Gasteiger partial charge >= 0.3 is 0 Å². The van der Waals surface area contributed by atoms with Crippen molar-refractivity contribution in [3.05, 3.63) is 0 Å². The lowest BCUT2D eigenvalue weighted by molar-refractivity contribution is -0.123. The van der Waals surface area contributed by atoms with Crippen molar-refractivity contribution in [1.29, 1.82) is 0 Å². The minimum Gasteiger partial charge on any atom is -0.273 e. The van der Waals surface area contributed by atoms with Crippen LogP contribution in [0.5, 0.6) is 0 Å². The molecule has 4 bridgehead atoms. The zero-order chi connectivity index (χ0) is 19.3. The number of rotatable bonds is 9. The van der Waals surface area contributed by atoms with Crippen LogP contribution in [0.25, 0.3) is 0 Å². The lowest BCUT2D eigenvalue weighted by atomic mass is 9.90. The third kappa shape index (κ3) is 5.00. The molecule has 28 heavy (non-hydrogen) atoms. The van der Waals surface area contributed by atoms with E-state index in [0.717, 1.165) is 23.7 Å². The molecule has 0 aliphatic heterocycles. The van der Waals surface area contributed by atoms with Gasteiger partial charge in [-0.25, -0.2) is 10.9 Å². The Morgan fingerprint density at radius 2 is 1.18 bits per heavy atom.